The molecular weight excluding hydrogens is 169 g/mol. The number of halogens is 1. The second-order valence-electron chi connectivity index (χ2n) is 2.90. The topological polar surface area (TPSA) is 64.1 Å². The molecule has 4 heteroatoms. The van der Waals surface area contributed by atoms with Gasteiger partial charge in [0.25, 0.3) is 0 Å². The molecule has 0 saturated heterocycles. The number of aryl methyl sites for hydroxylation is 1. The second kappa shape index (κ2) is 4.09. The zero-order chi connectivity index (χ0) is 9.84. The second-order valence-corrected chi connectivity index (χ2v) is 2.90. The van der Waals surface area contributed by atoms with Gasteiger partial charge in [-0.1, -0.05) is 0 Å². The highest BCUT2D eigenvalue weighted by Gasteiger charge is 2.03. The quantitative estimate of drug-likeness (QED) is 0.614. The van der Waals surface area contributed by atoms with Crippen molar-refractivity contribution < 1.29 is 4.39 Å². The molecule has 5 N–H and O–H groups in total. The Morgan fingerprint density at radius 3 is 2.77 bits per heavy atom. The van der Waals surface area contributed by atoms with Crippen molar-refractivity contribution in [1.82, 2.24) is 0 Å². The van der Waals surface area contributed by atoms with Gasteiger partial charge in [-0.15, -0.1) is 0 Å². The van der Waals surface area contributed by atoms with Gasteiger partial charge in [-0.05, 0) is 24.6 Å². The van der Waals surface area contributed by atoms with E-state index in [-0.39, 0.29) is 5.82 Å². The monoisotopic (exact) mass is 183 g/mol. The Kier molecular flexibility index (Phi) is 3.08. The fourth-order valence-electron chi connectivity index (χ4n) is 1.06. The SMILES string of the molecule is Cc1cc(NCCN)c(N)cc1F. The number of anilines is 2. The molecule has 0 fully saturated rings. The van der Waals surface area contributed by atoms with Crippen molar-refractivity contribution >= 4 is 11.4 Å². The van der Waals surface area contributed by atoms with E-state index in [1.165, 1.54) is 6.07 Å². The molecule has 0 aliphatic rings. The molecule has 13 heavy (non-hydrogen) atoms. The lowest BCUT2D eigenvalue weighted by atomic mass is 10.2. The summed E-state index contributed by atoms with van der Waals surface area (Å²) < 4.78 is 12.9. The molecule has 0 saturated carbocycles. The van der Waals surface area contributed by atoms with Crippen molar-refractivity contribution in [1.29, 1.82) is 0 Å². The Bertz CT molecular complexity index is 299. The molecule has 72 valence electrons. The maximum Gasteiger partial charge on any atom is 0.128 e. The summed E-state index contributed by atoms with van der Waals surface area (Å²) in [6, 6.07) is 2.99. The average molecular weight is 183 g/mol. The van der Waals surface area contributed by atoms with Crippen LogP contribution in [0.15, 0.2) is 12.1 Å². The number of benzene rings is 1. The Labute approximate surface area is 76.9 Å². The van der Waals surface area contributed by atoms with Crippen LogP contribution in [0.25, 0.3) is 0 Å². The van der Waals surface area contributed by atoms with E-state index in [1.54, 1.807) is 13.0 Å². The zero-order valence-corrected chi connectivity index (χ0v) is 7.60. The van der Waals surface area contributed by atoms with E-state index in [4.69, 9.17) is 11.5 Å². The Balaban J connectivity index is 2.88. The Morgan fingerprint density at radius 1 is 1.46 bits per heavy atom. The number of nitrogens with two attached hydrogens (primary N) is 2. The van der Waals surface area contributed by atoms with Crippen LogP contribution in [-0.2, 0) is 0 Å². The van der Waals surface area contributed by atoms with Crippen molar-refractivity contribution in [3.8, 4) is 0 Å². The number of nitrogens with one attached hydrogen (secondary N) is 1. The van der Waals surface area contributed by atoms with Gasteiger partial charge in [0, 0.05) is 13.1 Å². The highest BCUT2D eigenvalue weighted by molar-refractivity contribution is 5.67. The molecular formula is C9H14FN3. The van der Waals surface area contributed by atoms with E-state index < -0.39 is 0 Å². The summed E-state index contributed by atoms with van der Waals surface area (Å²) in [5.74, 6) is -0.282. The summed E-state index contributed by atoms with van der Waals surface area (Å²) in [5.41, 5.74) is 12.6. The van der Waals surface area contributed by atoms with Crippen molar-refractivity contribution in [3.63, 3.8) is 0 Å². The van der Waals surface area contributed by atoms with E-state index in [0.717, 1.165) is 5.69 Å². The van der Waals surface area contributed by atoms with Gasteiger partial charge in [-0.2, -0.15) is 0 Å². The van der Waals surface area contributed by atoms with Gasteiger partial charge >= 0.3 is 0 Å². The van der Waals surface area contributed by atoms with Gasteiger partial charge in [0.15, 0.2) is 0 Å². The number of rotatable bonds is 3. The van der Waals surface area contributed by atoms with Crippen LogP contribution >= 0.6 is 0 Å². The third-order valence-corrected chi connectivity index (χ3v) is 1.79. The van der Waals surface area contributed by atoms with Crippen LogP contribution in [-0.4, -0.2) is 13.1 Å². The molecule has 1 aromatic rings. The van der Waals surface area contributed by atoms with Crippen molar-refractivity contribution in [2.24, 2.45) is 5.73 Å². The van der Waals surface area contributed by atoms with Crippen LogP contribution < -0.4 is 16.8 Å². The van der Waals surface area contributed by atoms with Crippen LogP contribution in [0.4, 0.5) is 15.8 Å². The lowest BCUT2D eigenvalue weighted by Gasteiger charge is -2.09. The van der Waals surface area contributed by atoms with Crippen LogP contribution in [0.5, 0.6) is 0 Å². The summed E-state index contributed by atoms with van der Waals surface area (Å²) in [7, 11) is 0. The average Bonchev–Trinajstić information content (AvgIpc) is 2.09. The first-order valence-corrected chi connectivity index (χ1v) is 4.14. The maximum absolute atomic E-state index is 12.9. The van der Waals surface area contributed by atoms with Gasteiger partial charge in [0.1, 0.15) is 5.82 Å². The summed E-state index contributed by atoms with van der Waals surface area (Å²) in [6.45, 7) is 2.85. The normalized spacial score (nSPS) is 10.1. The zero-order valence-electron chi connectivity index (χ0n) is 7.60. The van der Waals surface area contributed by atoms with Gasteiger partial charge in [-0.3, -0.25) is 0 Å². The predicted molar refractivity (Wildman–Crippen MR) is 53.1 cm³/mol. The maximum atomic E-state index is 12.9. The lowest BCUT2D eigenvalue weighted by molar-refractivity contribution is 0.619. The minimum Gasteiger partial charge on any atom is -0.397 e. The first-order valence-electron chi connectivity index (χ1n) is 4.14. The minimum atomic E-state index is -0.282. The summed E-state index contributed by atoms with van der Waals surface area (Å²) in [6.07, 6.45) is 0. The van der Waals surface area contributed by atoms with Crippen LogP contribution in [0, 0.1) is 12.7 Å². The standard InChI is InChI=1S/C9H14FN3/c1-6-4-9(13-3-2-11)8(12)5-7(6)10/h4-5,13H,2-3,11-12H2,1H3. The molecule has 0 aliphatic heterocycles. The van der Waals surface area contributed by atoms with Crippen LogP contribution in [0.3, 0.4) is 0 Å². The van der Waals surface area contributed by atoms with E-state index in [2.05, 4.69) is 5.32 Å². The smallest absolute Gasteiger partial charge is 0.128 e. The number of hydrogen-bond donors (Lipinski definition) is 3. The van der Waals surface area contributed by atoms with E-state index in [0.29, 0.717) is 24.3 Å². The first kappa shape index (κ1) is 9.80. The Hall–Kier alpha value is -1.29. The Morgan fingerprint density at radius 2 is 2.15 bits per heavy atom. The van der Waals surface area contributed by atoms with Gasteiger partial charge < -0.3 is 16.8 Å². The number of nitrogen functional groups attached to an aromatic ring is 1. The van der Waals surface area contributed by atoms with Crippen molar-refractivity contribution in [3.05, 3.63) is 23.5 Å². The summed E-state index contributed by atoms with van der Waals surface area (Å²) >= 11 is 0. The minimum absolute atomic E-state index is 0.282. The molecule has 0 aromatic heterocycles. The van der Waals surface area contributed by atoms with E-state index >= 15 is 0 Å². The molecule has 0 atom stereocenters. The molecule has 3 nitrogen and oxygen atoms in total. The van der Waals surface area contributed by atoms with E-state index in [9.17, 15) is 4.39 Å². The van der Waals surface area contributed by atoms with E-state index in [1.807, 2.05) is 0 Å². The fraction of sp³-hybridized carbons (Fsp3) is 0.333. The third-order valence-electron chi connectivity index (χ3n) is 1.79. The predicted octanol–water partition coefficient (Wildman–Crippen LogP) is 1.09. The number of hydrogen-bond acceptors (Lipinski definition) is 3. The van der Waals surface area contributed by atoms with Crippen LogP contribution in [0.2, 0.25) is 0 Å². The molecule has 0 aliphatic carbocycles. The molecule has 0 spiro atoms. The summed E-state index contributed by atoms with van der Waals surface area (Å²) in [5, 5.41) is 3.01. The van der Waals surface area contributed by atoms with Crippen molar-refractivity contribution in [2.75, 3.05) is 24.1 Å². The van der Waals surface area contributed by atoms with Gasteiger partial charge in [-0.25, -0.2) is 4.39 Å². The highest BCUT2D eigenvalue weighted by Crippen LogP contribution is 2.21. The third kappa shape index (κ3) is 2.32. The highest BCUT2D eigenvalue weighted by atomic mass is 19.1. The molecule has 0 bridgehead atoms. The summed E-state index contributed by atoms with van der Waals surface area (Å²) in [4.78, 5) is 0. The van der Waals surface area contributed by atoms with Crippen molar-refractivity contribution in [2.45, 2.75) is 6.92 Å². The van der Waals surface area contributed by atoms with Gasteiger partial charge in [0.2, 0.25) is 0 Å². The largest absolute Gasteiger partial charge is 0.397 e. The molecule has 1 rings (SSSR count). The molecule has 0 amide bonds. The molecule has 0 unspecified atom stereocenters. The fourth-order valence-corrected chi connectivity index (χ4v) is 1.06. The molecule has 0 heterocycles. The first-order chi connectivity index (χ1) is 6.15. The van der Waals surface area contributed by atoms with Gasteiger partial charge in [0.05, 0.1) is 11.4 Å². The molecule has 1 aromatic carbocycles. The molecule has 0 radical (unpaired) electrons. The lowest BCUT2D eigenvalue weighted by Crippen LogP contribution is -2.14. The van der Waals surface area contributed by atoms with Crippen LogP contribution in [0.1, 0.15) is 5.56 Å².